The van der Waals surface area contributed by atoms with Gasteiger partial charge in [0.05, 0.1) is 11.5 Å². The van der Waals surface area contributed by atoms with Gasteiger partial charge in [0.1, 0.15) is 12.2 Å². The van der Waals surface area contributed by atoms with Crippen LogP contribution in [-0.2, 0) is 30.0 Å². The van der Waals surface area contributed by atoms with Crippen LogP contribution in [-0.4, -0.2) is 43.6 Å². The first-order valence-electron chi connectivity index (χ1n) is 4.86. The van der Waals surface area contributed by atoms with Gasteiger partial charge in [0.2, 0.25) is 0 Å². The summed E-state index contributed by atoms with van der Waals surface area (Å²) in [5, 5.41) is 0. The molecule has 0 amide bonds. The fraction of sp³-hybridized carbons (Fsp3) is 1.00. The molecule has 0 aliphatic carbocycles. The summed E-state index contributed by atoms with van der Waals surface area (Å²) in [6, 6.07) is 0. The summed E-state index contributed by atoms with van der Waals surface area (Å²) in [7, 11) is -1.74. The Morgan fingerprint density at radius 2 is 1.40 bits per heavy atom. The zero-order chi connectivity index (χ0) is 11.3. The molecule has 1 heterocycles. The van der Waals surface area contributed by atoms with E-state index in [2.05, 4.69) is 0 Å². The summed E-state index contributed by atoms with van der Waals surface area (Å²) in [5.41, 5.74) is 0. The Hall–Kier alpha value is 0.570. The molecular weight excluding hydrogens is 256 g/mol. The van der Waals surface area contributed by atoms with Crippen LogP contribution in [0.3, 0.4) is 0 Å². The SMILES string of the molecule is CCS(=O)CC1OSOC1CS(=O)CC. The molecule has 0 bridgehead atoms. The largest absolute Gasteiger partial charge is 0.284 e. The van der Waals surface area contributed by atoms with Gasteiger partial charge in [-0.25, -0.2) is 0 Å². The second-order valence-corrected chi connectivity index (χ2v) is 7.23. The summed E-state index contributed by atoms with van der Waals surface area (Å²) in [6.45, 7) is 3.75. The van der Waals surface area contributed by atoms with Crippen LogP contribution in [0.1, 0.15) is 13.8 Å². The van der Waals surface area contributed by atoms with Crippen molar-refractivity contribution in [1.29, 1.82) is 0 Å². The predicted octanol–water partition coefficient (Wildman–Crippen LogP) is 0.871. The van der Waals surface area contributed by atoms with Crippen molar-refractivity contribution in [3.8, 4) is 0 Å². The van der Waals surface area contributed by atoms with E-state index >= 15 is 0 Å². The predicted molar refractivity (Wildman–Crippen MR) is 64.4 cm³/mol. The van der Waals surface area contributed by atoms with E-state index in [0.717, 1.165) is 12.3 Å². The molecule has 0 spiro atoms. The fourth-order valence-corrected chi connectivity index (χ4v) is 3.69. The lowest BCUT2D eigenvalue weighted by atomic mass is 10.3. The monoisotopic (exact) mass is 272 g/mol. The summed E-state index contributed by atoms with van der Waals surface area (Å²) < 4.78 is 33.2. The lowest BCUT2D eigenvalue weighted by Gasteiger charge is -2.13. The molecule has 4 nitrogen and oxygen atoms in total. The highest BCUT2D eigenvalue weighted by molar-refractivity contribution is 7.90. The number of hydrogen-bond donors (Lipinski definition) is 0. The molecule has 0 aromatic heterocycles. The van der Waals surface area contributed by atoms with Crippen LogP contribution in [0.25, 0.3) is 0 Å². The molecule has 4 atom stereocenters. The van der Waals surface area contributed by atoms with Crippen molar-refractivity contribution in [2.75, 3.05) is 23.0 Å². The average Bonchev–Trinajstić information content (AvgIpc) is 2.65. The lowest BCUT2D eigenvalue weighted by molar-refractivity contribution is 0.193. The molecule has 1 fully saturated rings. The Kier molecular flexibility index (Phi) is 6.37. The van der Waals surface area contributed by atoms with Gasteiger partial charge in [-0.05, 0) is 0 Å². The van der Waals surface area contributed by atoms with Crippen LogP contribution in [0.4, 0.5) is 0 Å². The van der Waals surface area contributed by atoms with Gasteiger partial charge < -0.3 is 0 Å². The maximum Gasteiger partial charge on any atom is 0.159 e. The molecule has 1 saturated heterocycles. The molecule has 90 valence electrons. The maximum atomic E-state index is 11.4. The Morgan fingerprint density at radius 1 is 1.00 bits per heavy atom. The zero-order valence-corrected chi connectivity index (χ0v) is 11.3. The molecule has 4 unspecified atom stereocenters. The molecule has 0 saturated carbocycles. The van der Waals surface area contributed by atoms with Gasteiger partial charge in [0, 0.05) is 33.1 Å². The second kappa shape index (κ2) is 7.01. The molecule has 0 radical (unpaired) electrons. The van der Waals surface area contributed by atoms with E-state index in [1.165, 1.54) is 0 Å². The van der Waals surface area contributed by atoms with E-state index in [4.69, 9.17) is 8.37 Å². The third kappa shape index (κ3) is 4.52. The molecule has 1 rings (SSSR count). The van der Waals surface area contributed by atoms with Crippen LogP contribution in [0.15, 0.2) is 0 Å². The number of hydrogen-bond acceptors (Lipinski definition) is 5. The zero-order valence-electron chi connectivity index (χ0n) is 8.84. The minimum absolute atomic E-state index is 0.189. The molecule has 0 aromatic carbocycles. The van der Waals surface area contributed by atoms with Crippen LogP contribution in [0.5, 0.6) is 0 Å². The molecule has 7 heteroatoms. The van der Waals surface area contributed by atoms with Crippen LogP contribution < -0.4 is 0 Å². The fourth-order valence-electron chi connectivity index (χ4n) is 1.12. The summed E-state index contributed by atoms with van der Waals surface area (Å²) in [4.78, 5) is 0. The Bertz CT molecular complexity index is 222. The normalized spacial score (nSPS) is 30.3. The molecule has 0 aromatic rings. The highest BCUT2D eigenvalue weighted by atomic mass is 32.2. The van der Waals surface area contributed by atoms with Gasteiger partial charge in [0.15, 0.2) is 12.3 Å². The topological polar surface area (TPSA) is 52.6 Å². The van der Waals surface area contributed by atoms with E-state index in [-0.39, 0.29) is 12.2 Å². The minimum Gasteiger partial charge on any atom is -0.284 e. The standard InChI is InChI=1S/C8H16O4S3/c1-3-14(9)5-7-8(12-13-11-7)6-15(10)4-2/h7-8H,3-6H2,1-2H3. The summed E-state index contributed by atoms with van der Waals surface area (Å²) in [5.74, 6) is 2.17. The van der Waals surface area contributed by atoms with Crippen molar-refractivity contribution < 1.29 is 16.8 Å². The van der Waals surface area contributed by atoms with Gasteiger partial charge in [-0.3, -0.25) is 16.8 Å². The molecule has 0 N–H and O–H groups in total. The highest BCUT2D eigenvalue weighted by Gasteiger charge is 2.33. The van der Waals surface area contributed by atoms with Gasteiger partial charge in [-0.2, -0.15) is 0 Å². The average molecular weight is 272 g/mol. The van der Waals surface area contributed by atoms with E-state index in [1.807, 2.05) is 13.8 Å². The van der Waals surface area contributed by atoms with E-state index < -0.39 is 21.6 Å². The van der Waals surface area contributed by atoms with Crippen LogP contribution in [0, 0.1) is 0 Å². The third-order valence-electron chi connectivity index (χ3n) is 2.08. The molecule has 15 heavy (non-hydrogen) atoms. The first kappa shape index (κ1) is 13.6. The van der Waals surface area contributed by atoms with Crippen molar-refractivity contribution in [1.82, 2.24) is 0 Å². The first-order valence-corrected chi connectivity index (χ1v) is 8.50. The Balaban J connectivity index is 2.42. The maximum absolute atomic E-state index is 11.4. The molecule has 1 aliphatic heterocycles. The highest BCUT2D eigenvalue weighted by Crippen LogP contribution is 2.27. The summed E-state index contributed by atoms with van der Waals surface area (Å²) >= 11 is 0.926. The molecular formula is C8H16O4S3. The number of rotatable bonds is 6. The first-order chi connectivity index (χ1) is 7.17. The Morgan fingerprint density at radius 3 is 1.73 bits per heavy atom. The third-order valence-corrected chi connectivity index (χ3v) is 5.42. The van der Waals surface area contributed by atoms with Crippen molar-refractivity contribution in [2.24, 2.45) is 0 Å². The van der Waals surface area contributed by atoms with Gasteiger partial charge in [-0.1, -0.05) is 13.8 Å². The van der Waals surface area contributed by atoms with Gasteiger partial charge in [-0.15, -0.1) is 0 Å². The van der Waals surface area contributed by atoms with Crippen LogP contribution in [0.2, 0.25) is 0 Å². The van der Waals surface area contributed by atoms with Crippen molar-refractivity contribution in [2.45, 2.75) is 26.1 Å². The van der Waals surface area contributed by atoms with Gasteiger partial charge >= 0.3 is 0 Å². The van der Waals surface area contributed by atoms with Crippen LogP contribution >= 0.6 is 12.3 Å². The van der Waals surface area contributed by atoms with E-state index in [1.54, 1.807) is 0 Å². The van der Waals surface area contributed by atoms with Gasteiger partial charge in [0.25, 0.3) is 0 Å². The van der Waals surface area contributed by atoms with E-state index in [0.29, 0.717) is 23.0 Å². The molecule has 1 aliphatic rings. The second-order valence-electron chi connectivity index (χ2n) is 3.13. The Labute approximate surface area is 99.8 Å². The minimum atomic E-state index is -0.872. The van der Waals surface area contributed by atoms with E-state index in [9.17, 15) is 8.42 Å². The van der Waals surface area contributed by atoms with Crippen molar-refractivity contribution in [3.63, 3.8) is 0 Å². The van der Waals surface area contributed by atoms with Crippen molar-refractivity contribution in [3.05, 3.63) is 0 Å². The quantitative estimate of drug-likeness (QED) is 0.672. The lowest BCUT2D eigenvalue weighted by Crippen LogP contribution is -2.33. The van der Waals surface area contributed by atoms with Crippen molar-refractivity contribution >= 4 is 33.9 Å². The summed E-state index contributed by atoms with van der Waals surface area (Å²) in [6.07, 6.45) is -0.377. The smallest absolute Gasteiger partial charge is 0.159 e.